The lowest BCUT2D eigenvalue weighted by molar-refractivity contribution is 0.212. The van der Waals surface area contributed by atoms with Crippen LogP contribution in [0.3, 0.4) is 0 Å². The number of rotatable bonds is 6. The summed E-state index contributed by atoms with van der Waals surface area (Å²) in [5, 5.41) is 1.55. The van der Waals surface area contributed by atoms with Gasteiger partial charge in [-0.15, -0.1) is 5.53 Å². The number of fused-ring (bicyclic) bond motifs is 1. The van der Waals surface area contributed by atoms with Gasteiger partial charge in [0, 0.05) is 13.6 Å². The smallest absolute Gasteiger partial charge is 0.326 e. The number of urea groups is 1. The molecule has 0 unspecified atom stereocenters. The molecule has 0 atom stereocenters. The highest BCUT2D eigenvalue weighted by molar-refractivity contribution is 5.96. The fraction of sp³-hybridized carbons (Fsp3) is 0.316. The van der Waals surface area contributed by atoms with E-state index in [9.17, 15) is 4.79 Å². The molecule has 5 heteroatoms. The van der Waals surface area contributed by atoms with E-state index in [2.05, 4.69) is 35.2 Å². The SMILES string of the molecule is CN(CCCCCc1ccccc1)C(=O)N1NNc2ccccc21. The first-order valence-electron chi connectivity index (χ1n) is 8.45. The number of anilines is 2. The van der Waals surface area contributed by atoms with E-state index in [0.717, 1.165) is 43.6 Å². The Hall–Kier alpha value is -2.53. The van der Waals surface area contributed by atoms with Crippen molar-refractivity contribution in [2.24, 2.45) is 0 Å². The van der Waals surface area contributed by atoms with Gasteiger partial charge in [0.1, 0.15) is 0 Å². The Labute approximate surface area is 143 Å². The van der Waals surface area contributed by atoms with Crippen molar-refractivity contribution in [2.75, 3.05) is 24.0 Å². The lowest BCUT2D eigenvalue weighted by Crippen LogP contribution is -2.48. The number of unbranched alkanes of at least 4 members (excludes halogenated alkanes) is 2. The fourth-order valence-corrected chi connectivity index (χ4v) is 2.87. The number of nitrogens with zero attached hydrogens (tertiary/aromatic N) is 2. The van der Waals surface area contributed by atoms with Crippen LogP contribution in [0.2, 0.25) is 0 Å². The largest absolute Gasteiger partial charge is 0.340 e. The molecule has 1 heterocycles. The van der Waals surface area contributed by atoms with Crippen LogP contribution in [0.5, 0.6) is 0 Å². The molecule has 0 bridgehead atoms. The van der Waals surface area contributed by atoms with Crippen LogP contribution >= 0.6 is 0 Å². The highest BCUT2D eigenvalue weighted by atomic mass is 16.2. The number of para-hydroxylation sites is 2. The number of hydrogen-bond donors (Lipinski definition) is 2. The molecule has 3 rings (SSSR count). The van der Waals surface area contributed by atoms with Gasteiger partial charge in [-0.05, 0) is 37.0 Å². The van der Waals surface area contributed by atoms with Gasteiger partial charge in [-0.3, -0.25) is 0 Å². The van der Waals surface area contributed by atoms with E-state index < -0.39 is 0 Å². The Bertz CT molecular complexity index is 674. The molecular formula is C19H24N4O. The molecule has 0 saturated carbocycles. The minimum Gasteiger partial charge on any atom is -0.326 e. The van der Waals surface area contributed by atoms with Crippen molar-refractivity contribution in [3.05, 3.63) is 60.2 Å². The van der Waals surface area contributed by atoms with Gasteiger partial charge in [0.25, 0.3) is 0 Å². The second-order valence-corrected chi connectivity index (χ2v) is 6.09. The highest BCUT2D eigenvalue weighted by Gasteiger charge is 2.26. The third kappa shape index (κ3) is 3.86. The number of amides is 2. The van der Waals surface area contributed by atoms with Crippen molar-refractivity contribution < 1.29 is 4.79 Å². The van der Waals surface area contributed by atoms with E-state index in [0.29, 0.717) is 0 Å². The molecule has 0 spiro atoms. The number of nitrogens with one attached hydrogen (secondary N) is 2. The summed E-state index contributed by atoms with van der Waals surface area (Å²) >= 11 is 0. The van der Waals surface area contributed by atoms with Crippen LogP contribution in [0.25, 0.3) is 0 Å². The summed E-state index contributed by atoms with van der Waals surface area (Å²) in [4.78, 5) is 14.3. The predicted octanol–water partition coefficient (Wildman–Crippen LogP) is 3.80. The lowest BCUT2D eigenvalue weighted by atomic mass is 10.1. The van der Waals surface area contributed by atoms with Gasteiger partial charge in [-0.25, -0.2) is 9.80 Å². The van der Waals surface area contributed by atoms with Gasteiger partial charge in [0.2, 0.25) is 0 Å². The molecule has 2 aromatic rings. The maximum Gasteiger partial charge on any atom is 0.340 e. The highest BCUT2D eigenvalue weighted by Crippen LogP contribution is 2.28. The second kappa shape index (κ2) is 7.84. The molecule has 0 aromatic heterocycles. The molecule has 24 heavy (non-hydrogen) atoms. The van der Waals surface area contributed by atoms with Crippen LogP contribution in [0.15, 0.2) is 54.6 Å². The molecule has 0 fully saturated rings. The first-order valence-corrected chi connectivity index (χ1v) is 8.45. The van der Waals surface area contributed by atoms with Crippen molar-refractivity contribution in [3.8, 4) is 0 Å². The number of aryl methyl sites for hydroxylation is 1. The quantitative estimate of drug-likeness (QED) is 0.795. The van der Waals surface area contributed by atoms with Crippen molar-refractivity contribution in [1.29, 1.82) is 0 Å². The average molecular weight is 324 g/mol. The number of carbonyl (C=O) groups is 1. The van der Waals surface area contributed by atoms with Crippen molar-refractivity contribution in [1.82, 2.24) is 10.4 Å². The van der Waals surface area contributed by atoms with Crippen LogP contribution in [0.4, 0.5) is 16.2 Å². The van der Waals surface area contributed by atoms with Crippen molar-refractivity contribution in [2.45, 2.75) is 25.7 Å². The molecule has 0 radical (unpaired) electrons. The van der Waals surface area contributed by atoms with Crippen LogP contribution in [-0.4, -0.2) is 24.5 Å². The van der Waals surface area contributed by atoms with Crippen molar-refractivity contribution in [3.63, 3.8) is 0 Å². The predicted molar refractivity (Wildman–Crippen MR) is 97.7 cm³/mol. The zero-order valence-corrected chi connectivity index (χ0v) is 14.0. The summed E-state index contributed by atoms with van der Waals surface area (Å²) < 4.78 is 0. The maximum atomic E-state index is 12.5. The molecule has 5 nitrogen and oxygen atoms in total. The minimum absolute atomic E-state index is 0.0458. The van der Waals surface area contributed by atoms with Gasteiger partial charge in [0.05, 0.1) is 11.4 Å². The van der Waals surface area contributed by atoms with Gasteiger partial charge in [-0.2, -0.15) is 0 Å². The molecule has 0 saturated heterocycles. The van der Waals surface area contributed by atoms with Crippen LogP contribution in [-0.2, 0) is 6.42 Å². The third-order valence-corrected chi connectivity index (χ3v) is 4.27. The van der Waals surface area contributed by atoms with E-state index in [1.165, 1.54) is 5.56 Å². The van der Waals surface area contributed by atoms with Gasteiger partial charge in [-0.1, -0.05) is 48.9 Å². The van der Waals surface area contributed by atoms with E-state index in [1.54, 1.807) is 9.91 Å². The Morgan fingerprint density at radius 2 is 1.75 bits per heavy atom. The van der Waals surface area contributed by atoms with Crippen molar-refractivity contribution >= 4 is 17.4 Å². The Balaban J connectivity index is 1.41. The summed E-state index contributed by atoms with van der Waals surface area (Å²) in [6.07, 6.45) is 4.38. The first-order chi connectivity index (χ1) is 11.8. The number of carbonyl (C=O) groups excluding carboxylic acids is 1. The number of benzene rings is 2. The Morgan fingerprint density at radius 1 is 1.00 bits per heavy atom. The standard InChI is InChI=1S/C19H24N4O/c1-22(15-9-3-6-12-16-10-4-2-5-11-16)19(24)23-18-14-8-7-13-17(18)20-21-23/h2,4-5,7-8,10-11,13-14,20-21H,3,6,9,12,15H2,1H3. The van der Waals surface area contributed by atoms with E-state index in [1.807, 2.05) is 37.4 Å². The summed E-state index contributed by atoms with van der Waals surface area (Å²) in [7, 11) is 1.85. The number of hydrazine groups is 2. The fourth-order valence-electron chi connectivity index (χ4n) is 2.87. The zero-order chi connectivity index (χ0) is 16.8. The molecule has 0 aliphatic carbocycles. The normalized spacial score (nSPS) is 12.6. The molecule has 2 N–H and O–H groups in total. The minimum atomic E-state index is -0.0458. The molecule has 1 aliphatic rings. The maximum absolute atomic E-state index is 12.5. The molecule has 2 amide bonds. The molecule has 2 aromatic carbocycles. The molecular weight excluding hydrogens is 300 g/mol. The lowest BCUT2D eigenvalue weighted by Gasteiger charge is -2.24. The third-order valence-electron chi connectivity index (χ3n) is 4.27. The van der Waals surface area contributed by atoms with Crippen LogP contribution in [0.1, 0.15) is 24.8 Å². The monoisotopic (exact) mass is 324 g/mol. The average Bonchev–Trinajstić information content (AvgIpc) is 3.05. The van der Waals surface area contributed by atoms with Crippen LogP contribution < -0.4 is 16.0 Å². The first kappa shape index (κ1) is 16.3. The molecule has 126 valence electrons. The Morgan fingerprint density at radius 3 is 2.58 bits per heavy atom. The van der Waals surface area contributed by atoms with Gasteiger partial charge >= 0.3 is 6.03 Å². The summed E-state index contributed by atoms with van der Waals surface area (Å²) in [5.74, 6) is 0. The van der Waals surface area contributed by atoms with Gasteiger partial charge < -0.3 is 10.3 Å². The van der Waals surface area contributed by atoms with Crippen LogP contribution in [0, 0.1) is 0 Å². The van der Waals surface area contributed by atoms with E-state index in [4.69, 9.17) is 0 Å². The summed E-state index contributed by atoms with van der Waals surface area (Å²) in [5.41, 5.74) is 9.09. The topological polar surface area (TPSA) is 47.6 Å². The van der Waals surface area contributed by atoms with E-state index >= 15 is 0 Å². The zero-order valence-electron chi connectivity index (χ0n) is 14.0. The number of hydrogen-bond acceptors (Lipinski definition) is 3. The Kier molecular flexibility index (Phi) is 5.33. The summed E-state index contributed by atoms with van der Waals surface area (Å²) in [6.45, 7) is 0.758. The molecule has 1 aliphatic heterocycles. The van der Waals surface area contributed by atoms with Gasteiger partial charge in [0.15, 0.2) is 0 Å². The van der Waals surface area contributed by atoms with E-state index in [-0.39, 0.29) is 6.03 Å². The summed E-state index contributed by atoms with van der Waals surface area (Å²) in [6, 6.07) is 18.2. The second-order valence-electron chi connectivity index (χ2n) is 6.09.